The number of carbonyl (C=O) groups excluding carboxylic acids is 1. The van der Waals surface area contributed by atoms with Crippen LogP contribution in [0.15, 0.2) is 59.8 Å². The molecule has 0 aliphatic heterocycles. The van der Waals surface area contributed by atoms with Crippen LogP contribution in [0.4, 0.5) is 5.69 Å². The summed E-state index contributed by atoms with van der Waals surface area (Å²) in [5.74, 6) is 1.06. The van der Waals surface area contributed by atoms with Gasteiger partial charge in [-0.05, 0) is 47.7 Å². The lowest BCUT2D eigenvalue weighted by atomic mass is 10.2. The maximum atomic E-state index is 12.2. The van der Waals surface area contributed by atoms with Gasteiger partial charge in [-0.2, -0.15) is 0 Å². The Balaban J connectivity index is 1.67. The van der Waals surface area contributed by atoms with E-state index in [4.69, 9.17) is 0 Å². The molecule has 0 fully saturated rings. The summed E-state index contributed by atoms with van der Waals surface area (Å²) in [6.07, 6.45) is 0. The first-order valence-electron chi connectivity index (χ1n) is 7.84. The van der Waals surface area contributed by atoms with Gasteiger partial charge in [0.2, 0.25) is 5.91 Å². The van der Waals surface area contributed by atoms with E-state index < -0.39 is 0 Å². The number of anilines is 1. The van der Waals surface area contributed by atoms with Gasteiger partial charge in [-0.15, -0.1) is 10.2 Å². The van der Waals surface area contributed by atoms with Gasteiger partial charge in [0.05, 0.1) is 5.75 Å². The van der Waals surface area contributed by atoms with E-state index in [0.29, 0.717) is 5.75 Å². The van der Waals surface area contributed by atoms with Gasteiger partial charge in [0, 0.05) is 21.4 Å². The fourth-order valence-electron chi connectivity index (χ4n) is 2.37. The van der Waals surface area contributed by atoms with Crippen molar-refractivity contribution in [2.45, 2.75) is 18.6 Å². The van der Waals surface area contributed by atoms with E-state index in [0.717, 1.165) is 32.3 Å². The van der Waals surface area contributed by atoms with E-state index in [1.54, 1.807) is 0 Å². The minimum absolute atomic E-state index is 0.0566. The van der Waals surface area contributed by atoms with Gasteiger partial charge in [0.25, 0.3) is 0 Å². The minimum Gasteiger partial charge on any atom is -0.325 e. The molecule has 0 radical (unpaired) electrons. The van der Waals surface area contributed by atoms with Gasteiger partial charge in [0.1, 0.15) is 0 Å². The Morgan fingerprint density at radius 2 is 1.96 bits per heavy atom. The maximum absolute atomic E-state index is 12.2. The molecule has 0 aliphatic rings. The Morgan fingerprint density at radius 1 is 1.16 bits per heavy atom. The van der Waals surface area contributed by atoms with Crippen molar-refractivity contribution < 1.29 is 4.79 Å². The van der Waals surface area contributed by atoms with Crippen molar-refractivity contribution in [3.05, 3.63) is 58.2 Å². The number of benzene rings is 2. The molecule has 1 N–H and O–H groups in total. The van der Waals surface area contributed by atoms with Gasteiger partial charge in [-0.25, -0.2) is 0 Å². The number of nitrogens with one attached hydrogen (secondary N) is 1. The fourth-order valence-corrected chi connectivity index (χ4v) is 3.72. The number of carbonyl (C=O) groups is 1. The molecule has 0 saturated heterocycles. The third kappa shape index (κ3) is 4.60. The summed E-state index contributed by atoms with van der Waals surface area (Å²) >= 11 is 3.62. The molecule has 0 unspecified atom stereocenters. The summed E-state index contributed by atoms with van der Waals surface area (Å²) < 4.78 is 3.11. The Kier molecular flexibility index (Phi) is 6.09. The predicted octanol–water partition coefficient (Wildman–Crippen LogP) is 4.30. The van der Waals surface area contributed by atoms with Crippen LogP contribution in [0.5, 0.6) is 0 Å². The number of amides is 1. The van der Waals surface area contributed by atoms with Gasteiger partial charge in [-0.3, -0.25) is 4.79 Å². The lowest BCUT2D eigenvalue weighted by Crippen LogP contribution is -2.14. The van der Waals surface area contributed by atoms with Crippen molar-refractivity contribution >= 4 is 45.9 Å². The molecule has 3 aromatic rings. The molecule has 7 heteroatoms. The second-order valence-electron chi connectivity index (χ2n) is 5.26. The van der Waals surface area contributed by atoms with Crippen LogP contribution in [0.2, 0.25) is 0 Å². The average Bonchev–Trinajstić information content (AvgIpc) is 3.03. The number of nitrogens with zero attached hydrogens (tertiary/aromatic N) is 3. The third-order valence-electron chi connectivity index (χ3n) is 3.51. The molecule has 0 aliphatic carbocycles. The van der Waals surface area contributed by atoms with E-state index in [-0.39, 0.29) is 5.91 Å². The number of aromatic nitrogens is 3. The molecular weight excluding hydrogens is 447 g/mol. The summed E-state index contributed by atoms with van der Waals surface area (Å²) in [7, 11) is 0. The highest BCUT2D eigenvalue weighted by Crippen LogP contribution is 2.24. The highest BCUT2D eigenvalue weighted by atomic mass is 127. The fraction of sp³-hybridized carbons (Fsp3) is 0.167. The monoisotopic (exact) mass is 464 g/mol. The van der Waals surface area contributed by atoms with E-state index in [1.807, 2.05) is 66.1 Å². The number of thioether (sulfide) groups is 1. The van der Waals surface area contributed by atoms with Crippen LogP contribution in [-0.2, 0) is 11.3 Å². The summed E-state index contributed by atoms with van der Waals surface area (Å²) in [4.78, 5) is 12.2. The quantitative estimate of drug-likeness (QED) is 0.437. The largest absolute Gasteiger partial charge is 0.325 e. The maximum Gasteiger partial charge on any atom is 0.234 e. The Hall–Kier alpha value is -1.87. The Bertz CT molecular complexity index is 867. The molecule has 0 spiro atoms. The molecule has 2 aromatic carbocycles. The van der Waals surface area contributed by atoms with E-state index in [1.165, 1.54) is 11.8 Å². The summed E-state index contributed by atoms with van der Waals surface area (Å²) in [6, 6.07) is 17.7. The van der Waals surface area contributed by atoms with E-state index >= 15 is 0 Å². The molecule has 1 amide bonds. The molecule has 0 atom stereocenters. The molecule has 3 rings (SSSR count). The summed E-state index contributed by atoms with van der Waals surface area (Å²) in [5.41, 5.74) is 1.83. The molecule has 5 nitrogen and oxygen atoms in total. The van der Waals surface area contributed by atoms with Crippen molar-refractivity contribution in [1.29, 1.82) is 0 Å². The number of hydrogen-bond acceptors (Lipinski definition) is 4. The third-order valence-corrected chi connectivity index (χ3v) is 5.14. The highest BCUT2D eigenvalue weighted by Gasteiger charge is 2.14. The van der Waals surface area contributed by atoms with Crippen LogP contribution in [0.25, 0.3) is 11.4 Å². The first-order valence-corrected chi connectivity index (χ1v) is 9.90. The first kappa shape index (κ1) is 17.9. The van der Waals surface area contributed by atoms with Gasteiger partial charge < -0.3 is 9.88 Å². The minimum atomic E-state index is -0.0566. The zero-order valence-corrected chi connectivity index (χ0v) is 16.6. The molecule has 0 bridgehead atoms. The van der Waals surface area contributed by atoms with Gasteiger partial charge in [-0.1, -0.05) is 48.2 Å². The Morgan fingerprint density at radius 3 is 2.68 bits per heavy atom. The predicted molar refractivity (Wildman–Crippen MR) is 110 cm³/mol. The standard InChI is InChI=1S/C18H17IN4OS/c1-2-23-17(13-7-4-3-5-8-13)21-22-18(23)25-12-16(24)20-15-10-6-9-14(19)11-15/h3-11H,2,12H2,1H3,(H,20,24). The summed E-state index contributed by atoms with van der Waals surface area (Å²) in [6.45, 7) is 2.80. The lowest BCUT2D eigenvalue weighted by Gasteiger charge is -2.08. The van der Waals surface area contributed by atoms with Crippen molar-refractivity contribution in [2.24, 2.45) is 0 Å². The number of hydrogen-bond donors (Lipinski definition) is 1. The van der Waals surface area contributed by atoms with Crippen molar-refractivity contribution in [1.82, 2.24) is 14.8 Å². The molecule has 128 valence electrons. The molecular formula is C18H17IN4OS. The molecule has 0 saturated carbocycles. The first-order chi connectivity index (χ1) is 12.2. The number of halogens is 1. The molecule has 25 heavy (non-hydrogen) atoms. The molecule has 1 heterocycles. The van der Waals surface area contributed by atoms with Crippen LogP contribution in [0, 0.1) is 3.57 Å². The second kappa shape index (κ2) is 8.48. The van der Waals surface area contributed by atoms with Crippen LogP contribution in [0.3, 0.4) is 0 Å². The van der Waals surface area contributed by atoms with Crippen LogP contribution in [-0.4, -0.2) is 26.4 Å². The van der Waals surface area contributed by atoms with Crippen LogP contribution < -0.4 is 5.32 Å². The van der Waals surface area contributed by atoms with Crippen LogP contribution in [0.1, 0.15) is 6.92 Å². The van der Waals surface area contributed by atoms with Crippen LogP contribution >= 0.6 is 34.4 Å². The molecule has 1 aromatic heterocycles. The number of rotatable bonds is 6. The zero-order valence-electron chi connectivity index (χ0n) is 13.6. The lowest BCUT2D eigenvalue weighted by molar-refractivity contribution is -0.113. The van der Waals surface area contributed by atoms with E-state index in [2.05, 4.69) is 38.1 Å². The van der Waals surface area contributed by atoms with Gasteiger partial charge >= 0.3 is 0 Å². The summed E-state index contributed by atoms with van der Waals surface area (Å²) in [5, 5.41) is 12.2. The normalized spacial score (nSPS) is 10.6. The topological polar surface area (TPSA) is 59.8 Å². The van der Waals surface area contributed by atoms with E-state index in [9.17, 15) is 4.79 Å². The SMILES string of the molecule is CCn1c(SCC(=O)Nc2cccc(I)c2)nnc1-c1ccccc1. The average molecular weight is 464 g/mol. The highest BCUT2D eigenvalue weighted by molar-refractivity contribution is 14.1. The van der Waals surface area contributed by atoms with Crippen molar-refractivity contribution in [3.63, 3.8) is 0 Å². The zero-order chi connectivity index (χ0) is 17.6. The second-order valence-corrected chi connectivity index (χ2v) is 7.45. The van der Waals surface area contributed by atoms with Gasteiger partial charge in [0.15, 0.2) is 11.0 Å². The smallest absolute Gasteiger partial charge is 0.234 e. The Labute approximate surface area is 164 Å². The van der Waals surface area contributed by atoms with Crippen molar-refractivity contribution in [2.75, 3.05) is 11.1 Å². The van der Waals surface area contributed by atoms with Crippen molar-refractivity contribution in [3.8, 4) is 11.4 Å².